The van der Waals surface area contributed by atoms with Crippen molar-refractivity contribution in [3.05, 3.63) is 12.2 Å². The van der Waals surface area contributed by atoms with Crippen LogP contribution < -0.4 is 5.73 Å². The summed E-state index contributed by atoms with van der Waals surface area (Å²) in [5.41, 5.74) is 6.84. The Balaban J connectivity index is 3.56. The fraction of sp³-hybridized carbons (Fsp3) is 0.778. The second-order valence-electron chi connectivity index (χ2n) is 3.25. The molecule has 0 aliphatic carbocycles. The van der Waals surface area contributed by atoms with E-state index in [0.717, 1.165) is 18.6 Å². The first-order chi connectivity index (χ1) is 5.07. The van der Waals surface area contributed by atoms with Crippen LogP contribution in [-0.2, 0) is 4.74 Å². The number of ether oxygens (including phenoxy) is 1. The Hall–Kier alpha value is -0.340. The van der Waals surface area contributed by atoms with Crippen molar-refractivity contribution in [1.82, 2.24) is 0 Å². The van der Waals surface area contributed by atoms with E-state index in [4.69, 9.17) is 10.5 Å². The molecule has 0 fully saturated rings. The molecule has 0 spiro atoms. The van der Waals surface area contributed by atoms with Crippen molar-refractivity contribution in [2.24, 2.45) is 11.7 Å². The van der Waals surface area contributed by atoms with Gasteiger partial charge in [0.1, 0.15) is 0 Å². The van der Waals surface area contributed by atoms with E-state index in [1.54, 1.807) is 7.11 Å². The smallest absolute Gasteiger partial charge is 0.0488 e. The molecule has 0 aliphatic rings. The Labute approximate surface area is 69.4 Å². The van der Waals surface area contributed by atoms with E-state index in [2.05, 4.69) is 13.5 Å². The molecule has 2 nitrogen and oxygen atoms in total. The van der Waals surface area contributed by atoms with E-state index in [1.807, 2.05) is 6.92 Å². The van der Waals surface area contributed by atoms with Crippen LogP contribution in [0.2, 0.25) is 0 Å². The summed E-state index contributed by atoms with van der Waals surface area (Å²) >= 11 is 0. The summed E-state index contributed by atoms with van der Waals surface area (Å²) in [6.07, 6.45) is 0.961. The molecule has 0 aromatic rings. The topological polar surface area (TPSA) is 35.2 Å². The zero-order chi connectivity index (χ0) is 8.85. The SMILES string of the molecule is C=C(C)C(N)CC(C)COC. The minimum Gasteiger partial charge on any atom is -0.384 e. The Morgan fingerprint density at radius 2 is 2.18 bits per heavy atom. The van der Waals surface area contributed by atoms with E-state index in [-0.39, 0.29) is 6.04 Å². The van der Waals surface area contributed by atoms with Crippen molar-refractivity contribution in [2.45, 2.75) is 26.3 Å². The third-order valence-electron chi connectivity index (χ3n) is 1.74. The van der Waals surface area contributed by atoms with Gasteiger partial charge >= 0.3 is 0 Å². The second kappa shape index (κ2) is 5.33. The predicted molar refractivity (Wildman–Crippen MR) is 48.4 cm³/mol. The van der Waals surface area contributed by atoms with Crippen LogP contribution in [0.25, 0.3) is 0 Å². The van der Waals surface area contributed by atoms with Crippen LogP contribution in [0.3, 0.4) is 0 Å². The van der Waals surface area contributed by atoms with Gasteiger partial charge < -0.3 is 10.5 Å². The van der Waals surface area contributed by atoms with Crippen LogP contribution >= 0.6 is 0 Å². The lowest BCUT2D eigenvalue weighted by atomic mass is 9.99. The summed E-state index contributed by atoms with van der Waals surface area (Å²) in [5.74, 6) is 0.520. The van der Waals surface area contributed by atoms with E-state index in [1.165, 1.54) is 0 Å². The van der Waals surface area contributed by atoms with Gasteiger partial charge in [0.05, 0.1) is 0 Å². The van der Waals surface area contributed by atoms with Crippen molar-refractivity contribution in [3.8, 4) is 0 Å². The molecule has 2 N–H and O–H groups in total. The maximum absolute atomic E-state index is 5.79. The predicted octanol–water partition coefficient (Wildman–Crippen LogP) is 1.56. The minimum absolute atomic E-state index is 0.125. The fourth-order valence-electron chi connectivity index (χ4n) is 0.987. The summed E-state index contributed by atoms with van der Waals surface area (Å²) in [6, 6.07) is 0.125. The van der Waals surface area contributed by atoms with Gasteiger partial charge in [0.2, 0.25) is 0 Å². The first-order valence-corrected chi connectivity index (χ1v) is 3.97. The Morgan fingerprint density at radius 3 is 2.55 bits per heavy atom. The number of rotatable bonds is 5. The quantitative estimate of drug-likeness (QED) is 0.615. The molecule has 0 amide bonds. The van der Waals surface area contributed by atoms with Gasteiger partial charge in [0.25, 0.3) is 0 Å². The van der Waals surface area contributed by atoms with E-state index in [0.29, 0.717) is 5.92 Å². The summed E-state index contributed by atoms with van der Waals surface area (Å²) in [6.45, 7) is 8.67. The number of methoxy groups -OCH3 is 1. The van der Waals surface area contributed by atoms with Gasteiger partial charge in [-0.15, -0.1) is 0 Å². The van der Waals surface area contributed by atoms with E-state index >= 15 is 0 Å². The molecule has 0 radical (unpaired) electrons. The summed E-state index contributed by atoms with van der Waals surface area (Å²) in [4.78, 5) is 0. The molecule has 11 heavy (non-hydrogen) atoms. The molecule has 0 aliphatic heterocycles. The molecule has 0 saturated heterocycles. The maximum Gasteiger partial charge on any atom is 0.0488 e. The van der Waals surface area contributed by atoms with Gasteiger partial charge in [-0.25, -0.2) is 0 Å². The first-order valence-electron chi connectivity index (χ1n) is 3.97. The van der Waals surface area contributed by atoms with Gasteiger partial charge in [-0.05, 0) is 19.3 Å². The van der Waals surface area contributed by atoms with Crippen LogP contribution in [0, 0.1) is 5.92 Å². The van der Waals surface area contributed by atoms with Crippen molar-refractivity contribution in [1.29, 1.82) is 0 Å². The van der Waals surface area contributed by atoms with Gasteiger partial charge in [-0.3, -0.25) is 0 Å². The molecule has 0 aromatic carbocycles. The molecule has 0 bridgehead atoms. The third-order valence-corrected chi connectivity index (χ3v) is 1.74. The monoisotopic (exact) mass is 157 g/mol. The number of hydrogen-bond donors (Lipinski definition) is 1. The molecule has 2 heteroatoms. The van der Waals surface area contributed by atoms with Crippen LogP contribution in [0.5, 0.6) is 0 Å². The molecule has 0 saturated carbocycles. The van der Waals surface area contributed by atoms with Crippen molar-refractivity contribution in [3.63, 3.8) is 0 Å². The Bertz CT molecular complexity index is 123. The molecular weight excluding hydrogens is 138 g/mol. The van der Waals surface area contributed by atoms with Crippen molar-refractivity contribution >= 4 is 0 Å². The fourth-order valence-corrected chi connectivity index (χ4v) is 0.987. The normalized spacial score (nSPS) is 16.0. The first kappa shape index (κ1) is 10.7. The van der Waals surface area contributed by atoms with E-state index < -0.39 is 0 Å². The van der Waals surface area contributed by atoms with Crippen LogP contribution in [0.15, 0.2) is 12.2 Å². The van der Waals surface area contributed by atoms with Crippen molar-refractivity contribution < 1.29 is 4.74 Å². The van der Waals surface area contributed by atoms with E-state index in [9.17, 15) is 0 Å². The van der Waals surface area contributed by atoms with Crippen molar-refractivity contribution in [2.75, 3.05) is 13.7 Å². The molecule has 2 unspecified atom stereocenters. The van der Waals surface area contributed by atoms with Gasteiger partial charge in [-0.1, -0.05) is 19.1 Å². The highest BCUT2D eigenvalue weighted by atomic mass is 16.5. The van der Waals surface area contributed by atoms with Crippen LogP contribution in [0.1, 0.15) is 20.3 Å². The lowest BCUT2D eigenvalue weighted by Crippen LogP contribution is -2.24. The number of hydrogen-bond acceptors (Lipinski definition) is 2. The zero-order valence-corrected chi connectivity index (χ0v) is 7.76. The molecular formula is C9H19NO. The molecule has 66 valence electrons. The molecule has 0 heterocycles. The highest BCUT2D eigenvalue weighted by molar-refractivity contribution is 4.99. The number of nitrogens with two attached hydrogens (primary N) is 1. The molecule has 0 aromatic heterocycles. The highest BCUT2D eigenvalue weighted by Gasteiger charge is 2.08. The van der Waals surface area contributed by atoms with Gasteiger partial charge in [-0.2, -0.15) is 0 Å². The second-order valence-corrected chi connectivity index (χ2v) is 3.25. The summed E-state index contributed by atoms with van der Waals surface area (Å²) in [5, 5.41) is 0. The Morgan fingerprint density at radius 1 is 1.64 bits per heavy atom. The average Bonchev–Trinajstić information content (AvgIpc) is 1.87. The molecule has 0 rings (SSSR count). The maximum atomic E-state index is 5.79. The zero-order valence-electron chi connectivity index (χ0n) is 7.76. The van der Waals surface area contributed by atoms with Gasteiger partial charge in [0.15, 0.2) is 0 Å². The lowest BCUT2D eigenvalue weighted by Gasteiger charge is -2.16. The summed E-state index contributed by atoms with van der Waals surface area (Å²) in [7, 11) is 1.71. The Kier molecular flexibility index (Phi) is 5.16. The van der Waals surface area contributed by atoms with Gasteiger partial charge in [0, 0.05) is 19.8 Å². The molecule has 2 atom stereocenters. The van der Waals surface area contributed by atoms with Crippen LogP contribution in [-0.4, -0.2) is 19.8 Å². The summed E-state index contributed by atoms with van der Waals surface area (Å²) < 4.78 is 5.00. The lowest BCUT2D eigenvalue weighted by molar-refractivity contribution is 0.153. The highest BCUT2D eigenvalue weighted by Crippen LogP contribution is 2.09. The average molecular weight is 157 g/mol. The minimum atomic E-state index is 0.125. The van der Waals surface area contributed by atoms with Crippen LogP contribution in [0.4, 0.5) is 0 Å². The largest absolute Gasteiger partial charge is 0.384 e. The third kappa shape index (κ3) is 4.99. The standard InChI is InChI=1S/C9H19NO/c1-7(2)9(10)5-8(3)6-11-4/h8-9H,1,5-6,10H2,2-4H3.